The third-order valence-corrected chi connectivity index (χ3v) is 5.96. The lowest BCUT2D eigenvalue weighted by Crippen LogP contribution is -2.15. The monoisotopic (exact) mass is 481 g/mol. The van der Waals surface area contributed by atoms with Gasteiger partial charge in [0.15, 0.2) is 11.0 Å². The largest absolute Gasteiger partial charge is 0.486 e. The first-order chi connectivity index (χ1) is 14.7. The van der Waals surface area contributed by atoms with Crippen molar-refractivity contribution in [2.24, 2.45) is 7.05 Å². The maximum Gasteiger partial charge on any atom is 0.271 e. The fourth-order valence-electron chi connectivity index (χ4n) is 2.49. The molecule has 1 N–H and O–H groups in total. The quantitative estimate of drug-likeness (QED) is 0.283. The molecule has 1 aromatic heterocycles. The third kappa shape index (κ3) is 5.87. The van der Waals surface area contributed by atoms with Crippen LogP contribution in [0.2, 0.25) is 10.0 Å². The van der Waals surface area contributed by atoms with E-state index in [-0.39, 0.29) is 34.7 Å². The van der Waals surface area contributed by atoms with E-state index in [1.54, 1.807) is 23.7 Å². The summed E-state index contributed by atoms with van der Waals surface area (Å²) < 4.78 is 7.45. The highest BCUT2D eigenvalue weighted by Gasteiger charge is 2.15. The number of nitro benzene ring substituents is 1. The van der Waals surface area contributed by atoms with E-state index in [0.29, 0.717) is 21.8 Å². The molecule has 0 aliphatic heterocycles. The van der Waals surface area contributed by atoms with Crippen molar-refractivity contribution in [2.45, 2.75) is 18.7 Å². The van der Waals surface area contributed by atoms with E-state index in [9.17, 15) is 14.9 Å². The lowest BCUT2D eigenvalue weighted by molar-refractivity contribution is -0.384. The number of halogens is 2. The first-order valence-corrected chi connectivity index (χ1v) is 10.6. The molecule has 0 unspecified atom stereocenters. The topological polar surface area (TPSA) is 112 Å². The first-order valence-electron chi connectivity index (χ1n) is 8.88. The van der Waals surface area contributed by atoms with Crippen LogP contribution in [0.15, 0.2) is 41.6 Å². The lowest BCUT2D eigenvalue weighted by Gasteiger charge is -2.08. The van der Waals surface area contributed by atoms with Gasteiger partial charge in [0.25, 0.3) is 5.69 Å². The van der Waals surface area contributed by atoms with Crippen molar-refractivity contribution in [3.8, 4) is 5.75 Å². The number of benzene rings is 2. The van der Waals surface area contributed by atoms with Crippen LogP contribution in [0.4, 0.5) is 11.4 Å². The van der Waals surface area contributed by atoms with Crippen LogP contribution in [0.25, 0.3) is 0 Å². The van der Waals surface area contributed by atoms with Crippen LogP contribution in [-0.4, -0.2) is 31.3 Å². The van der Waals surface area contributed by atoms with Crippen LogP contribution in [0.3, 0.4) is 0 Å². The van der Waals surface area contributed by atoms with Crippen LogP contribution in [0.1, 0.15) is 11.4 Å². The van der Waals surface area contributed by atoms with Crippen molar-refractivity contribution in [2.75, 3.05) is 11.1 Å². The second kappa shape index (κ2) is 9.99. The summed E-state index contributed by atoms with van der Waals surface area (Å²) in [4.78, 5) is 22.6. The standard InChI is InChI=1S/C19H17Cl2N5O4S/c1-11-7-13(4-6-14(11)20)30-9-17-23-24-19(25(17)2)31-10-18(27)22-16-8-12(26(28)29)3-5-15(16)21/h3-8H,9-10H2,1-2H3,(H,22,27). The Hall–Kier alpha value is -2.82. The summed E-state index contributed by atoms with van der Waals surface area (Å²) in [5.41, 5.74) is 0.913. The van der Waals surface area contributed by atoms with E-state index in [0.717, 1.165) is 5.56 Å². The van der Waals surface area contributed by atoms with E-state index >= 15 is 0 Å². The number of hydrogen-bond donors (Lipinski definition) is 1. The van der Waals surface area contributed by atoms with Gasteiger partial charge in [0.05, 0.1) is 21.4 Å². The highest BCUT2D eigenvalue weighted by Crippen LogP contribution is 2.27. The molecule has 31 heavy (non-hydrogen) atoms. The fourth-order valence-corrected chi connectivity index (χ4v) is 3.50. The van der Waals surface area contributed by atoms with E-state index < -0.39 is 4.92 Å². The van der Waals surface area contributed by atoms with Gasteiger partial charge in [-0.2, -0.15) is 0 Å². The zero-order chi connectivity index (χ0) is 22.5. The summed E-state index contributed by atoms with van der Waals surface area (Å²) in [7, 11) is 1.77. The van der Waals surface area contributed by atoms with Crippen molar-refractivity contribution < 1.29 is 14.5 Å². The number of non-ortho nitro benzene ring substituents is 1. The predicted molar refractivity (Wildman–Crippen MR) is 119 cm³/mol. The number of carbonyl (C=O) groups is 1. The van der Waals surface area contributed by atoms with Gasteiger partial charge in [-0.15, -0.1) is 10.2 Å². The molecular formula is C19H17Cl2N5O4S. The molecule has 0 bridgehead atoms. The molecule has 0 radical (unpaired) electrons. The average molecular weight is 482 g/mol. The molecular weight excluding hydrogens is 465 g/mol. The van der Waals surface area contributed by atoms with Crippen molar-refractivity contribution >= 4 is 52.2 Å². The Morgan fingerprint density at radius 3 is 2.68 bits per heavy atom. The van der Waals surface area contributed by atoms with Gasteiger partial charge >= 0.3 is 0 Å². The summed E-state index contributed by atoms with van der Waals surface area (Å²) in [6.45, 7) is 2.08. The van der Waals surface area contributed by atoms with Gasteiger partial charge in [0.1, 0.15) is 12.4 Å². The summed E-state index contributed by atoms with van der Waals surface area (Å²) >= 11 is 13.2. The number of thioether (sulfide) groups is 1. The summed E-state index contributed by atoms with van der Waals surface area (Å²) in [6, 6.07) is 9.20. The van der Waals surface area contributed by atoms with Gasteiger partial charge in [0.2, 0.25) is 5.91 Å². The molecule has 0 spiro atoms. The zero-order valence-electron chi connectivity index (χ0n) is 16.5. The van der Waals surface area contributed by atoms with Crippen molar-refractivity contribution in [3.63, 3.8) is 0 Å². The Bertz CT molecular complexity index is 1140. The van der Waals surface area contributed by atoms with Crippen LogP contribution in [0.5, 0.6) is 5.75 Å². The number of nitro groups is 1. The van der Waals surface area contributed by atoms with E-state index in [4.69, 9.17) is 27.9 Å². The summed E-state index contributed by atoms with van der Waals surface area (Å²) in [6.07, 6.45) is 0. The Labute approximate surface area is 191 Å². The Balaban J connectivity index is 1.57. The number of anilines is 1. The molecule has 162 valence electrons. The molecule has 1 amide bonds. The predicted octanol–water partition coefficient (Wildman–Crippen LogP) is 4.65. The minimum atomic E-state index is -0.560. The minimum absolute atomic E-state index is 0.0161. The van der Waals surface area contributed by atoms with Gasteiger partial charge in [-0.05, 0) is 36.8 Å². The second-order valence-electron chi connectivity index (χ2n) is 6.42. The van der Waals surface area contributed by atoms with Gasteiger partial charge in [0, 0.05) is 24.2 Å². The first kappa shape index (κ1) is 22.9. The Kier molecular flexibility index (Phi) is 7.37. The summed E-state index contributed by atoms with van der Waals surface area (Å²) in [5, 5.41) is 23.0. The van der Waals surface area contributed by atoms with E-state index in [2.05, 4.69) is 15.5 Å². The second-order valence-corrected chi connectivity index (χ2v) is 8.17. The Morgan fingerprint density at radius 2 is 1.97 bits per heavy atom. The third-order valence-electron chi connectivity index (χ3n) is 4.19. The van der Waals surface area contributed by atoms with Crippen molar-refractivity contribution in [1.29, 1.82) is 0 Å². The SMILES string of the molecule is Cc1cc(OCc2nnc(SCC(=O)Nc3cc([N+](=O)[O-])ccc3Cl)n2C)ccc1Cl. The minimum Gasteiger partial charge on any atom is -0.486 e. The van der Waals surface area contributed by atoms with Crippen molar-refractivity contribution in [3.05, 3.63) is 67.9 Å². The average Bonchev–Trinajstić information content (AvgIpc) is 3.08. The highest BCUT2D eigenvalue weighted by molar-refractivity contribution is 7.99. The molecule has 0 aliphatic rings. The maximum absolute atomic E-state index is 12.3. The number of ether oxygens (including phenoxy) is 1. The van der Waals surface area contributed by atoms with E-state index in [1.807, 2.05) is 13.0 Å². The van der Waals surface area contributed by atoms with Crippen LogP contribution in [0, 0.1) is 17.0 Å². The molecule has 3 aromatic rings. The molecule has 0 saturated carbocycles. The number of rotatable bonds is 8. The molecule has 3 rings (SSSR count). The number of hydrogen-bond acceptors (Lipinski definition) is 7. The number of carbonyl (C=O) groups excluding carboxylic acids is 1. The number of aromatic nitrogens is 3. The molecule has 1 heterocycles. The normalized spacial score (nSPS) is 10.7. The summed E-state index contributed by atoms with van der Waals surface area (Å²) in [5.74, 6) is 0.872. The fraction of sp³-hybridized carbons (Fsp3) is 0.211. The number of aryl methyl sites for hydroxylation is 1. The zero-order valence-corrected chi connectivity index (χ0v) is 18.8. The molecule has 9 nitrogen and oxygen atoms in total. The molecule has 0 atom stereocenters. The molecule has 2 aromatic carbocycles. The number of amides is 1. The van der Waals surface area contributed by atoms with E-state index in [1.165, 1.54) is 30.0 Å². The molecule has 12 heteroatoms. The van der Waals surface area contributed by atoms with Gasteiger partial charge in [-0.25, -0.2) is 0 Å². The van der Waals surface area contributed by atoms with Crippen LogP contribution in [-0.2, 0) is 18.4 Å². The van der Waals surface area contributed by atoms with Crippen LogP contribution >= 0.6 is 35.0 Å². The van der Waals surface area contributed by atoms with Gasteiger partial charge in [-0.3, -0.25) is 14.9 Å². The van der Waals surface area contributed by atoms with Gasteiger partial charge in [-0.1, -0.05) is 35.0 Å². The Morgan fingerprint density at radius 1 is 1.23 bits per heavy atom. The highest BCUT2D eigenvalue weighted by atomic mass is 35.5. The van der Waals surface area contributed by atoms with Crippen LogP contribution < -0.4 is 10.1 Å². The lowest BCUT2D eigenvalue weighted by atomic mass is 10.2. The molecule has 0 aliphatic carbocycles. The molecule has 0 fully saturated rings. The number of nitrogens with zero attached hydrogens (tertiary/aromatic N) is 4. The van der Waals surface area contributed by atoms with Gasteiger partial charge < -0.3 is 14.6 Å². The molecule has 0 saturated heterocycles. The van der Waals surface area contributed by atoms with Crippen molar-refractivity contribution in [1.82, 2.24) is 14.8 Å². The number of nitrogens with one attached hydrogen (secondary N) is 1. The smallest absolute Gasteiger partial charge is 0.271 e. The maximum atomic E-state index is 12.3.